The number of H-pyrrole nitrogens is 1. The van der Waals surface area contributed by atoms with Gasteiger partial charge in [0.25, 0.3) is 0 Å². The fourth-order valence-corrected chi connectivity index (χ4v) is 7.58. The second-order valence-electron chi connectivity index (χ2n) is 9.34. The standard InChI is InChI=1S/C30H26BrF2N3OS2/c31-20-3-1-2-19(16-20)28-9-13-39-15-14-38-12-8-23-22-6-10-34-27(22)18-26(33)30(23)37-21-4-5-25(32)24(17-21)29-7-11-35-36(28)29/h1-7,10-11,16-18,28,34H,8-9,12-15H2. The van der Waals surface area contributed by atoms with Crippen molar-refractivity contribution in [2.75, 3.05) is 23.0 Å². The monoisotopic (exact) mass is 625 g/mol. The summed E-state index contributed by atoms with van der Waals surface area (Å²) < 4.78 is 39.8. The first-order valence-corrected chi connectivity index (χ1v) is 15.9. The zero-order valence-corrected chi connectivity index (χ0v) is 24.2. The summed E-state index contributed by atoms with van der Waals surface area (Å²) in [5.74, 6) is 3.56. The fraction of sp³-hybridized carbons (Fsp3) is 0.233. The number of aromatic amines is 1. The summed E-state index contributed by atoms with van der Waals surface area (Å²) in [5, 5.41) is 5.59. The molecule has 0 radical (unpaired) electrons. The third kappa shape index (κ3) is 5.62. The van der Waals surface area contributed by atoms with Gasteiger partial charge in [-0.05, 0) is 72.4 Å². The molecule has 0 amide bonds. The highest BCUT2D eigenvalue weighted by atomic mass is 79.9. The van der Waals surface area contributed by atoms with Crippen LogP contribution in [0.15, 0.2) is 77.5 Å². The molecule has 0 saturated heterocycles. The maximum atomic E-state index is 15.4. The maximum Gasteiger partial charge on any atom is 0.168 e. The lowest BCUT2D eigenvalue weighted by molar-refractivity contribution is 0.437. The number of thioether (sulfide) groups is 2. The molecule has 0 fully saturated rings. The Kier molecular flexibility index (Phi) is 7.99. The Morgan fingerprint density at radius 2 is 1.82 bits per heavy atom. The molecule has 1 aliphatic rings. The third-order valence-corrected chi connectivity index (χ3v) is 9.66. The van der Waals surface area contributed by atoms with Gasteiger partial charge in [-0.1, -0.05) is 28.1 Å². The van der Waals surface area contributed by atoms with Crippen molar-refractivity contribution in [3.8, 4) is 22.8 Å². The van der Waals surface area contributed by atoms with Crippen LogP contribution in [-0.2, 0) is 6.42 Å². The molecular weight excluding hydrogens is 600 g/mol. The lowest BCUT2D eigenvalue weighted by atomic mass is 10.0. The minimum absolute atomic E-state index is 0.0765. The van der Waals surface area contributed by atoms with Crippen LogP contribution >= 0.6 is 39.5 Å². The highest BCUT2D eigenvalue weighted by Crippen LogP contribution is 2.38. The summed E-state index contributed by atoms with van der Waals surface area (Å²) in [4.78, 5) is 3.11. The Labute approximate surface area is 242 Å². The molecule has 1 aliphatic heterocycles. The van der Waals surface area contributed by atoms with Gasteiger partial charge >= 0.3 is 0 Å². The summed E-state index contributed by atoms with van der Waals surface area (Å²) in [6.45, 7) is 0. The lowest BCUT2D eigenvalue weighted by Gasteiger charge is -2.22. The van der Waals surface area contributed by atoms with Gasteiger partial charge < -0.3 is 9.72 Å². The number of fused-ring (bicyclic) bond motifs is 7. The molecule has 39 heavy (non-hydrogen) atoms. The maximum absolute atomic E-state index is 15.4. The number of hydrogen-bond donors (Lipinski definition) is 1. The lowest BCUT2D eigenvalue weighted by Crippen LogP contribution is -2.15. The van der Waals surface area contributed by atoms with E-state index in [1.165, 1.54) is 12.1 Å². The first-order chi connectivity index (χ1) is 19.1. The van der Waals surface area contributed by atoms with Gasteiger partial charge in [-0.25, -0.2) is 8.78 Å². The molecule has 0 saturated carbocycles. The molecule has 0 aliphatic carbocycles. The van der Waals surface area contributed by atoms with E-state index in [9.17, 15) is 0 Å². The predicted molar refractivity (Wildman–Crippen MR) is 161 cm³/mol. The van der Waals surface area contributed by atoms with Crippen molar-refractivity contribution in [1.29, 1.82) is 0 Å². The minimum Gasteiger partial charge on any atom is -0.454 e. The molecular formula is C30H26BrF2N3OS2. The summed E-state index contributed by atoms with van der Waals surface area (Å²) >= 11 is 7.37. The van der Waals surface area contributed by atoms with Crippen molar-refractivity contribution in [3.05, 3.63) is 100 Å². The van der Waals surface area contributed by atoms with Gasteiger partial charge in [-0.15, -0.1) is 0 Å². The summed E-state index contributed by atoms with van der Waals surface area (Å²) in [5.41, 5.74) is 3.67. The van der Waals surface area contributed by atoms with E-state index in [0.717, 1.165) is 55.9 Å². The summed E-state index contributed by atoms with van der Waals surface area (Å²) in [6.07, 6.45) is 5.03. The van der Waals surface area contributed by atoms with Gasteiger partial charge in [-0.3, -0.25) is 4.68 Å². The van der Waals surface area contributed by atoms with Crippen molar-refractivity contribution >= 4 is 50.4 Å². The largest absolute Gasteiger partial charge is 0.454 e. The van der Waals surface area contributed by atoms with Gasteiger partial charge in [0.15, 0.2) is 11.6 Å². The Morgan fingerprint density at radius 1 is 0.949 bits per heavy atom. The van der Waals surface area contributed by atoms with Gasteiger partial charge in [-0.2, -0.15) is 28.6 Å². The normalized spacial score (nSPS) is 16.7. The average molecular weight is 627 g/mol. The zero-order chi connectivity index (χ0) is 26.8. The van der Waals surface area contributed by atoms with E-state index < -0.39 is 5.82 Å². The minimum atomic E-state index is -0.441. The quantitative estimate of drug-likeness (QED) is 0.202. The SMILES string of the molecule is Fc1ccc2cc1-c1ccnn1C(c1cccc(Br)c1)CCSCCSCCc1c(c(F)cc3[nH]ccc13)O2. The predicted octanol–water partition coefficient (Wildman–Crippen LogP) is 8.87. The number of nitrogens with one attached hydrogen (secondary N) is 1. The smallest absolute Gasteiger partial charge is 0.168 e. The Morgan fingerprint density at radius 3 is 2.69 bits per heavy atom. The third-order valence-electron chi connectivity index (χ3n) is 6.90. The summed E-state index contributed by atoms with van der Waals surface area (Å²) in [6, 6.07) is 17.9. The van der Waals surface area contributed by atoms with Gasteiger partial charge in [0.2, 0.25) is 0 Å². The van der Waals surface area contributed by atoms with E-state index in [4.69, 9.17) is 4.74 Å². The van der Waals surface area contributed by atoms with E-state index in [2.05, 4.69) is 38.1 Å². The van der Waals surface area contributed by atoms with Crippen LogP contribution < -0.4 is 4.74 Å². The topological polar surface area (TPSA) is 42.8 Å². The first kappa shape index (κ1) is 26.5. The Balaban J connectivity index is 1.46. The van der Waals surface area contributed by atoms with E-state index in [0.29, 0.717) is 23.4 Å². The van der Waals surface area contributed by atoms with E-state index in [1.807, 2.05) is 58.7 Å². The number of nitrogens with zero attached hydrogens (tertiary/aromatic N) is 2. The number of ether oxygens (including phenoxy) is 1. The van der Waals surface area contributed by atoms with Crippen molar-refractivity contribution in [2.45, 2.75) is 18.9 Å². The molecule has 0 spiro atoms. The molecule has 9 heteroatoms. The van der Waals surface area contributed by atoms with Crippen LogP contribution in [0.3, 0.4) is 0 Å². The number of aryl methyl sites for hydroxylation is 1. The molecule has 3 aromatic carbocycles. The first-order valence-electron chi connectivity index (χ1n) is 12.8. The molecule has 3 heterocycles. The number of aromatic nitrogens is 3. The average Bonchev–Trinajstić information content (AvgIpc) is 3.59. The van der Waals surface area contributed by atoms with Crippen molar-refractivity contribution in [3.63, 3.8) is 0 Å². The van der Waals surface area contributed by atoms with Crippen LogP contribution in [0, 0.1) is 11.6 Å². The molecule has 5 aromatic rings. The van der Waals surface area contributed by atoms with Gasteiger partial charge in [0, 0.05) is 56.5 Å². The molecule has 2 aromatic heterocycles. The highest BCUT2D eigenvalue weighted by molar-refractivity contribution is 9.10. The van der Waals surface area contributed by atoms with Gasteiger partial charge in [0.1, 0.15) is 11.6 Å². The molecule has 2 bridgehead atoms. The summed E-state index contributed by atoms with van der Waals surface area (Å²) in [7, 11) is 0. The number of hydrogen-bond acceptors (Lipinski definition) is 4. The Bertz CT molecular complexity index is 1620. The van der Waals surface area contributed by atoms with Crippen LogP contribution in [0.25, 0.3) is 22.2 Å². The van der Waals surface area contributed by atoms with Crippen molar-refractivity contribution in [1.82, 2.24) is 14.8 Å². The Hall–Kier alpha value is -2.75. The second kappa shape index (κ2) is 11.8. The zero-order valence-electron chi connectivity index (χ0n) is 21.0. The molecule has 1 atom stereocenters. The molecule has 1 N–H and O–H groups in total. The second-order valence-corrected chi connectivity index (χ2v) is 12.7. The van der Waals surface area contributed by atoms with Crippen LogP contribution in [-0.4, -0.2) is 37.8 Å². The molecule has 6 rings (SSSR count). The fourth-order valence-electron chi connectivity index (χ4n) is 5.08. The molecule has 1 unspecified atom stereocenters. The number of rotatable bonds is 1. The number of halogens is 3. The van der Waals surface area contributed by atoms with Crippen molar-refractivity contribution in [2.24, 2.45) is 0 Å². The van der Waals surface area contributed by atoms with Crippen LogP contribution in [0.4, 0.5) is 8.78 Å². The van der Waals surface area contributed by atoms with Crippen LogP contribution in [0.1, 0.15) is 23.6 Å². The molecule has 200 valence electrons. The van der Waals surface area contributed by atoms with Gasteiger partial charge in [0.05, 0.1) is 11.7 Å². The van der Waals surface area contributed by atoms with E-state index in [-0.39, 0.29) is 17.6 Å². The van der Waals surface area contributed by atoms with Crippen LogP contribution in [0.2, 0.25) is 0 Å². The van der Waals surface area contributed by atoms with E-state index in [1.54, 1.807) is 18.3 Å². The number of benzene rings is 3. The van der Waals surface area contributed by atoms with Crippen LogP contribution in [0.5, 0.6) is 11.5 Å². The highest BCUT2D eigenvalue weighted by Gasteiger charge is 2.22. The molecule has 4 nitrogen and oxygen atoms in total. The van der Waals surface area contributed by atoms with E-state index >= 15 is 8.78 Å². The van der Waals surface area contributed by atoms with Crippen molar-refractivity contribution < 1.29 is 13.5 Å².